The van der Waals surface area contributed by atoms with Crippen molar-refractivity contribution in [2.24, 2.45) is 5.92 Å². The first-order chi connectivity index (χ1) is 4.79. The van der Waals surface area contributed by atoms with E-state index in [1.165, 1.54) is 6.92 Å². The van der Waals surface area contributed by atoms with Gasteiger partial charge in [0.2, 0.25) is 0 Å². The average Bonchev–Trinajstić information content (AvgIpc) is 1.75. The Morgan fingerprint density at radius 2 is 2.40 bits per heavy atom. The van der Waals surface area contributed by atoms with Crippen LogP contribution in [0.25, 0.3) is 0 Å². The van der Waals surface area contributed by atoms with Gasteiger partial charge in [0.1, 0.15) is 0 Å². The van der Waals surface area contributed by atoms with Crippen molar-refractivity contribution >= 4 is 5.97 Å². The van der Waals surface area contributed by atoms with Crippen molar-refractivity contribution in [2.75, 3.05) is 19.7 Å². The van der Waals surface area contributed by atoms with E-state index in [4.69, 9.17) is 4.74 Å². The number of hydrogen-bond donors (Lipinski definition) is 1. The van der Waals surface area contributed by atoms with Gasteiger partial charge in [0.25, 0.3) is 0 Å². The van der Waals surface area contributed by atoms with Gasteiger partial charge in [-0.15, -0.1) is 0 Å². The molecule has 0 aromatic carbocycles. The number of nitrogens with one attached hydrogen (secondary N) is 1. The van der Waals surface area contributed by atoms with Gasteiger partial charge in [-0.2, -0.15) is 0 Å². The summed E-state index contributed by atoms with van der Waals surface area (Å²) in [5.74, 6) is 0.562. The SMILES string of the molecule is CC(=O)OCCC1CNC1. The molecule has 1 N–H and O–H groups in total. The van der Waals surface area contributed by atoms with Gasteiger partial charge in [-0.1, -0.05) is 0 Å². The van der Waals surface area contributed by atoms with E-state index in [1.54, 1.807) is 0 Å². The number of esters is 1. The lowest BCUT2D eigenvalue weighted by Gasteiger charge is -2.26. The predicted octanol–water partition coefficient (Wildman–Crippen LogP) is 0.159. The summed E-state index contributed by atoms with van der Waals surface area (Å²) in [5.41, 5.74) is 0. The first-order valence-electron chi connectivity index (χ1n) is 3.63. The highest BCUT2D eigenvalue weighted by atomic mass is 16.5. The summed E-state index contributed by atoms with van der Waals surface area (Å²) in [6.07, 6.45) is 1.01. The molecule has 1 rings (SSSR count). The molecule has 1 aliphatic heterocycles. The quantitative estimate of drug-likeness (QED) is 0.572. The van der Waals surface area contributed by atoms with Crippen molar-refractivity contribution in [1.82, 2.24) is 5.32 Å². The minimum atomic E-state index is -0.174. The number of rotatable bonds is 3. The summed E-state index contributed by atoms with van der Waals surface area (Å²) in [4.78, 5) is 10.3. The van der Waals surface area contributed by atoms with E-state index in [-0.39, 0.29) is 5.97 Å². The molecule has 3 nitrogen and oxygen atoms in total. The predicted molar refractivity (Wildman–Crippen MR) is 37.6 cm³/mol. The van der Waals surface area contributed by atoms with E-state index in [0.717, 1.165) is 25.4 Å². The summed E-state index contributed by atoms with van der Waals surface area (Å²) in [6, 6.07) is 0. The zero-order valence-corrected chi connectivity index (χ0v) is 6.22. The van der Waals surface area contributed by atoms with Gasteiger partial charge in [0.05, 0.1) is 6.61 Å². The molecule has 1 aliphatic rings. The highest BCUT2D eigenvalue weighted by Gasteiger charge is 2.15. The fourth-order valence-corrected chi connectivity index (χ4v) is 0.922. The fourth-order valence-electron chi connectivity index (χ4n) is 0.922. The van der Waals surface area contributed by atoms with Crippen LogP contribution in [-0.2, 0) is 9.53 Å². The summed E-state index contributed by atoms with van der Waals surface area (Å²) in [7, 11) is 0. The second-order valence-corrected chi connectivity index (χ2v) is 2.65. The zero-order valence-electron chi connectivity index (χ0n) is 6.22. The Balaban J connectivity index is 1.89. The maximum absolute atomic E-state index is 10.3. The summed E-state index contributed by atoms with van der Waals surface area (Å²) in [5, 5.41) is 3.16. The Hall–Kier alpha value is -0.570. The number of ether oxygens (including phenoxy) is 1. The molecular formula is C7H13NO2. The Morgan fingerprint density at radius 1 is 1.70 bits per heavy atom. The minimum absolute atomic E-state index is 0.174. The third kappa shape index (κ3) is 2.35. The Kier molecular flexibility index (Phi) is 2.68. The van der Waals surface area contributed by atoms with E-state index in [0.29, 0.717) is 6.61 Å². The third-order valence-electron chi connectivity index (χ3n) is 1.70. The van der Waals surface area contributed by atoms with Gasteiger partial charge < -0.3 is 10.1 Å². The van der Waals surface area contributed by atoms with Crippen LogP contribution in [-0.4, -0.2) is 25.7 Å². The molecule has 1 heterocycles. The molecule has 3 heteroatoms. The van der Waals surface area contributed by atoms with Gasteiger partial charge in [-0.25, -0.2) is 0 Å². The highest BCUT2D eigenvalue weighted by molar-refractivity contribution is 5.65. The van der Waals surface area contributed by atoms with Crippen LogP contribution in [0.15, 0.2) is 0 Å². The molecule has 0 aliphatic carbocycles. The smallest absolute Gasteiger partial charge is 0.302 e. The lowest BCUT2D eigenvalue weighted by Crippen LogP contribution is -2.42. The topological polar surface area (TPSA) is 38.3 Å². The molecule has 0 spiro atoms. The second kappa shape index (κ2) is 3.56. The standard InChI is InChI=1S/C7H13NO2/c1-6(9)10-3-2-7-4-8-5-7/h7-8H,2-5H2,1H3. The first kappa shape index (κ1) is 7.54. The molecule has 0 aromatic rings. The second-order valence-electron chi connectivity index (χ2n) is 2.65. The van der Waals surface area contributed by atoms with Crippen molar-refractivity contribution in [1.29, 1.82) is 0 Å². The summed E-state index contributed by atoms with van der Waals surface area (Å²) < 4.78 is 4.78. The van der Waals surface area contributed by atoms with Crippen molar-refractivity contribution in [3.8, 4) is 0 Å². The van der Waals surface area contributed by atoms with Gasteiger partial charge in [-0.3, -0.25) is 4.79 Å². The van der Waals surface area contributed by atoms with Gasteiger partial charge in [0, 0.05) is 6.92 Å². The highest BCUT2D eigenvalue weighted by Crippen LogP contribution is 2.07. The van der Waals surface area contributed by atoms with Crippen LogP contribution < -0.4 is 5.32 Å². The number of hydrogen-bond acceptors (Lipinski definition) is 3. The lowest BCUT2D eigenvalue weighted by molar-refractivity contribution is -0.141. The molecule has 0 aromatic heterocycles. The van der Waals surface area contributed by atoms with Crippen LogP contribution in [0.2, 0.25) is 0 Å². The monoisotopic (exact) mass is 143 g/mol. The summed E-state index contributed by atoms with van der Waals surface area (Å²) in [6.45, 7) is 4.20. The van der Waals surface area contributed by atoms with Crippen molar-refractivity contribution in [3.63, 3.8) is 0 Å². The van der Waals surface area contributed by atoms with E-state index < -0.39 is 0 Å². The van der Waals surface area contributed by atoms with E-state index in [1.807, 2.05) is 0 Å². The number of carbonyl (C=O) groups excluding carboxylic acids is 1. The van der Waals surface area contributed by atoms with Gasteiger partial charge in [0.15, 0.2) is 0 Å². The van der Waals surface area contributed by atoms with Gasteiger partial charge in [-0.05, 0) is 25.4 Å². The van der Waals surface area contributed by atoms with E-state index in [2.05, 4.69) is 5.32 Å². The maximum Gasteiger partial charge on any atom is 0.302 e. The molecule has 1 saturated heterocycles. The third-order valence-corrected chi connectivity index (χ3v) is 1.70. The van der Waals surface area contributed by atoms with E-state index >= 15 is 0 Å². The largest absolute Gasteiger partial charge is 0.466 e. The van der Waals surface area contributed by atoms with Crippen molar-refractivity contribution in [3.05, 3.63) is 0 Å². The zero-order chi connectivity index (χ0) is 7.40. The normalized spacial score (nSPS) is 18.1. The molecule has 0 unspecified atom stereocenters. The van der Waals surface area contributed by atoms with Crippen LogP contribution in [0.1, 0.15) is 13.3 Å². The molecule has 58 valence electrons. The first-order valence-corrected chi connectivity index (χ1v) is 3.63. The Labute approximate surface area is 60.7 Å². The molecule has 0 saturated carbocycles. The fraction of sp³-hybridized carbons (Fsp3) is 0.857. The molecular weight excluding hydrogens is 130 g/mol. The minimum Gasteiger partial charge on any atom is -0.466 e. The van der Waals surface area contributed by atoms with Crippen LogP contribution in [0, 0.1) is 5.92 Å². The Morgan fingerprint density at radius 3 is 2.80 bits per heavy atom. The Bertz CT molecular complexity index is 121. The molecule has 10 heavy (non-hydrogen) atoms. The van der Waals surface area contributed by atoms with Gasteiger partial charge >= 0.3 is 5.97 Å². The maximum atomic E-state index is 10.3. The van der Waals surface area contributed by atoms with E-state index in [9.17, 15) is 4.79 Å². The molecule has 0 bridgehead atoms. The van der Waals surface area contributed by atoms with Crippen LogP contribution in [0.5, 0.6) is 0 Å². The van der Waals surface area contributed by atoms with Crippen LogP contribution in [0.3, 0.4) is 0 Å². The van der Waals surface area contributed by atoms with Crippen LogP contribution in [0.4, 0.5) is 0 Å². The van der Waals surface area contributed by atoms with Crippen LogP contribution >= 0.6 is 0 Å². The summed E-state index contributed by atoms with van der Waals surface area (Å²) >= 11 is 0. The van der Waals surface area contributed by atoms with Crippen molar-refractivity contribution in [2.45, 2.75) is 13.3 Å². The lowest BCUT2D eigenvalue weighted by atomic mass is 10.0. The van der Waals surface area contributed by atoms with Crippen molar-refractivity contribution < 1.29 is 9.53 Å². The molecule has 0 amide bonds. The molecule has 1 fully saturated rings. The average molecular weight is 143 g/mol. The molecule has 0 radical (unpaired) electrons. The molecule has 0 atom stereocenters. The number of carbonyl (C=O) groups is 1.